The summed E-state index contributed by atoms with van der Waals surface area (Å²) in [5.41, 5.74) is -0.148. The summed E-state index contributed by atoms with van der Waals surface area (Å²) >= 11 is 0. The first-order chi connectivity index (χ1) is 15.5. The van der Waals surface area contributed by atoms with Crippen LogP contribution in [0, 0.1) is 11.7 Å². The van der Waals surface area contributed by atoms with E-state index in [9.17, 15) is 13.6 Å². The Labute approximate surface area is 189 Å². The number of alkyl halides is 1. The van der Waals surface area contributed by atoms with Crippen LogP contribution in [0.2, 0.25) is 0 Å². The molecule has 2 heterocycles. The topological polar surface area (TPSA) is 47.9 Å². The zero-order valence-electron chi connectivity index (χ0n) is 18.9. The number of rotatable bonds is 4. The normalized spacial score (nSPS) is 35.3. The van der Waals surface area contributed by atoms with Gasteiger partial charge in [-0.2, -0.15) is 0 Å². The Bertz CT molecular complexity index is 888. The van der Waals surface area contributed by atoms with E-state index in [1.54, 1.807) is 17.0 Å². The maximum atomic E-state index is 14.7. The molecular formula is C25H34F2N4O. The highest BCUT2D eigenvalue weighted by Crippen LogP contribution is 2.41. The molecule has 0 bridgehead atoms. The van der Waals surface area contributed by atoms with Crippen molar-refractivity contribution in [3.63, 3.8) is 0 Å². The minimum atomic E-state index is -0.968. The van der Waals surface area contributed by atoms with E-state index < -0.39 is 17.8 Å². The van der Waals surface area contributed by atoms with Crippen LogP contribution in [0.5, 0.6) is 0 Å². The van der Waals surface area contributed by atoms with Crippen LogP contribution in [0.25, 0.3) is 0 Å². The van der Waals surface area contributed by atoms with Gasteiger partial charge in [-0.3, -0.25) is 15.2 Å². The highest BCUT2D eigenvalue weighted by molar-refractivity contribution is 6.19. The average Bonchev–Trinajstić information content (AvgIpc) is 2.98. The van der Waals surface area contributed by atoms with Gasteiger partial charge in [-0.15, -0.1) is 0 Å². The van der Waals surface area contributed by atoms with Gasteiger partial charge in [0.1, 0.15) is 23.4 Å². The molecule has 7 heteroatoms. The van der Waals surface area contributed by atoms with Gasteiger partial charge in [0.15, 0.2) is 0 Å². The molecule has 2 saturated heterocycles. The molecule has 0 radical (unpaired) electrons. The van der Waals surface area contributed by atoms with Crippen LogP contribution < -0.4 is 10.2 Å². The minimum absolute atomic E-state index is 0.255. The van der Waals surface area contributed by atoms with Crippen molar-refractivity contribution >= 4 is 17.6 Å². The van der Waals surface area contributed by atoms with E-state index in [1.165, 1.54) is 31.4 Å². The number of carbonyl (C=O) groups is 1. The van der Waals surface area contributed by atoms with Crippen molar-refractivity contribution in [1.82, 2.24) is 10.2 Å². The number of urea groups is 1. The molecule has 5 rings (SSSR count). The number of nitrogens with one attached hydrogen (secondary N) is 1. The van der Waals surface area contributed by atoms with Gasteiger partial charge in [-0.25, -0.2) is 13.6 Å². The van der Waals surface area contributed by atoms with Gasteiger partial charge in [-0.1, -0.05) is 25.3 Å². The van der Waals surface area contributed by atoms with Crippen LogP contribution in [0.15, 0.2) is 29.3 Å². The summed E-state index contributed by atoms with van der Waals surface area (Å²) in [6.45, 7) is 4.16. The maximum Gasteiger partial charge on any atom is 0.328 e. The lowest BCUT2D eigenvalue weighted by molar-refractivity contribution is 0.0906. The number of aliphatic imine (C=N–C) groups is 1. The number of likely N-dealkylation sites (tertiary alicyclic amines) is 1. The second-order valence-corrected chi connectivity index (χ2v) is 10.2. The van der Waals surface area contributed by atoms with E-state index in [4.69, 9.17) is 4.99 Å². The monoisotopic (exact) mass is 444 g/mol. The van der Waals surface area contributed by atoms with Crippen LogP contribution in [0.4, 0.5) is 19.3 Å². The molecule has 4 atom stereocenters. The molecule has 1 aromatic rings. The molecule has 0 unspecified atom stereocenters. The molecule has 1 aromatic carbocycles. The van der Waals surface area contributed by atoms with E-state index in [0.29, 0.717) is 37.2 Å². The van der Waals surface area contributed by atoms with E-state index in [-0.39, 0.29) is 17.9 Å². The summed E-state index contributed by atoms with van der Waals surface area (Å²) in [7, 11) is 0. The van der Waals surface area contributed by atoms with E-state index >= 15 is 0 Å². The second kappa shape index (κ2) is 8.73. The lowest BCUT2D eigenvalue weighted by atomic mass is 9.79. The summed E-state index contributed by atoms with van der Waals surface area (Å²) in [6.07, 6.45) is 7.47. The van der Waals surface area contributed by atoms with Crippen molar-refractivity contribution in [3.05, 3.63) is 30.1 Å². The molecule has 4 fully saturated rings. The Kier molecular flexibility index (Phi) is 5.95. The van der Waals surface area contributed by atoms with Crippen LogP contribution in [-0.2, 0) is 0 Å². The van der Waals surface area contributed by atoms with Crippen LogP contribution in [0.1, 0.15) is 64.7 Å². The Balaban J connectivity index is 1.49. The van der Waals surface area contributed by atoms with Crippen molar-refractivity contribution in [2.75, 3.05) is 18.0 Å². The number of piperidine rings is 1. The number of nitrogens with zero attached hydrogens (tertiary/aromatic N) is 3. The third-order valence-electron chi connectivity index (χ3n) is 8.09. The largest absolute Gasteiger partial charge is 0.328 e. The third-order valence-corrected chi connectivity index (χ3v) is 8.09. The molecule has 2 saturated carbocycles. The molecular weight excluding hydrogens is 410 g/mol. The lowest BCUT2D eigenvalue weighted by Gasteiger charge is -2.48. The number of carbonyl (C=O) groups excluding carboxylic acids is 1. The first kappa shape index (κ1) is 21.8. The zero-order valence-corrected chi connectivity index (χ0v) is 18.9. The number of halogens is 2. The van der Waals surface area contributed by atoms with Crippen LogP contribution >= 0.6 is 0 Å². The van der Waals surface area contributed by atoms with Crippen molar-refractivity contribution in [3.8, 4) is 0 Å². The van der Waals surface area contributed by atoms with E-state index in [0.717, 1.165) is 31.8 Å². The van der Waals surface area contributed by atoms with Gasteiger partial charge in [0.05, 0.1) is 6.04 Å². The standard InChI is InChI=1S/C25H34F2N4O/c1-17-15-25(12-13-30(17)16-18-6-4-7-18)23(28-22-11-3-2-10-21(22)27)29-24(32)31(25)20-9-5-8-19(26)14-20/h5,8-9,14,17-18,21-22H,2-4,6-7,10-13,15-16H2,1H3,(H,28,29,32)/t17-,21+,22+,25+/m0/s1. The molecule has 1 N–H and O–H groups in total. The number of hydrogen-bond acceptors (Lipinski definition) is 3. The lowest BCUT2D eigenvalue weighted by Crippen LogP contribution is -2.60. The van der Waals surface area contributed by atoms with Gasteiger partial charge in [0.25, 0.3) is 0 Å². The Hall–Kier alpha value is -2.02. The number of benzene rings is 1. The zero-order chi connectivity index (χ0) is 22.3. The predicted octanol–water partition coefficient (Wildman–Crippen LogP) is 5.06. The third kappa shape index (κ3) is 3.93. The van der Waals surface area contributed by atoms with E-state index in [1.807, 2.05) is 0 Å². The first-order valence-corrected chi connectivity index (χ1v) is 12.3. The summed E-state index contributed by atoms with van der Waals surface area (Å²) in [6, 6.07) is 5.76. The Morgan fingerprint density at radius 2 is 2.00 bits per heavy atom. The van der Waals surface area contributed by atoms with E-state index in [2.05, 4.69) is 17.1 Å². The van der Waals surface area contributed by atoms with Crippen molar-refractivity contribution < 1.29 is 13.6 Å². The highest BCUT2D eigenvalue weighted by Gasteiger charge is 2.55. The van der Waals surface area contributed by atoms with Gasteiger partial charge >= 0.3 is 6.03 Å². The molecule has 0 aromatic heterocycles. The average molecular weight is 445 g/mol. The Morgan fingerprint density at radius 1 is 1.19 bits per heavy atom. The van der Waals surface area contributed by atoms with Crippen molar-refractivity contribution in [2.45, 2.75) is 88.5 Å². The van der Waals surface area contributed by atoms with Gasteiger partial charge in [0.2, 0.25) is 0 Å². The van der Waals surface area contributed by atoms with Gasteiger partial charge in [-0.05, 0) is 69.6 Å². The maximum absolute atomic E-state index is 14.7. The van der Waals surface area contributed by atoms with Crippen LogP contribution in [0.3, 0.4) is 0 Å². The number of anilines is 1. The molecule has 2 aliphatic carbocycles. The number of amides is 2. The molecule has 1 spiro atoms. The molecule has 2 aliphatic heterocycles. The predicted molar refractivity (Wildman–Crippen MR) is 122 cm³/mol. The van der Waals surface area contributed by atoms with Crippen molar-refractivity contribution in [2.24, 2.45) is 10.9 Å². The molecule has 4 aliphatic rings. The molecule has 5 nitrogen and oxygen atoms in total. The summed E-state index contributed by atoms with van der Waals surface area (Å²) < 4.78 is 28.8. The highest BCUT2D eigenvalue weighted by atomic mass is 19.1. The molecule has 32 heavy (non-hydrogen) atoms. The Morgan fingerprint density at radius 3 is 2.69 bits per heavy atom. The van der Waals surface area contributed by atoms with Gasteiger partial charge in [0, 0.05) is 24.8 Å². The SMILES string of the molecule is C[C@H]1C[C@]2(CCN1CC1CCC1)C(=N[C@@H]1CCCC[C@H]1F)NC(=O)N2c1cccc(F)c1. The second-order valence-electron chi connectivity index (χ2n) is 10.2. The first-order valence-electron chi connectivity index (χ1n) is 12.3. The quantitative estimate of drug-likeness (QED) is 0.706. The summed E-state index contributed by atoms with van der Waals surface area (Å²) in [5.74, 6) is 0.982. The number of amidine groups is 1. The van der Waals surface area contributed by atoms with Crippen LogP contribution in [-0.4, -0.2) is 53.7 Å². The summed E-state index contributed by atoms with van der Waals surface area (Å²) in [5, 5.41) is 2.98. The smallest absolute Gasteiger partial charge is 0.300 e. The van der Waals surface area contributed by atoms with Gasteiger partial charge < -0.3 is 4.90 Å². The summed E-state index contributed by atoms with van der Waals surface area (Å²) in [4.78, 5) is 22.3. The number of hydrogen-bond donors (Lipinski definition) is 1. The fourth-order valence-electron chi connectivity index (χ4n) is 6.05. The molecule has 2 amide bonds. The minimum Gasteiger partial charge on any atom is -0.300 e. The fourth-order valence-corrected chi connectivity index (χ4v) is 6.05. The molecule has 174 valence electrons. The van der Waals surface area contributed by atoms with Crippen molar-refractivity contribution in [1.29, 1.82) is 0 Å². The fraction of sp³-hybridized carbons (Fsp3) is 0.680.